The molecule has 1 atom stereocenters. The number of amides is 4. The highest BCUT2D eigenvalue weighted by Gasteiger charge is 2.44. The molecule has 0 bridgehead atoms. The van der Waals surface area contributed by atoms with Gasteiger partial charge in [-0.25, -0.2) is 0 Å². The molecule has 2 aliphatic rings. The van der Waals surface area contributed by atoms with Crippen molar-refractivity contribution in [3.63, 3.8) is 0 Å². The van der Waals surface area contributed by atoms with Crippen LogP contribution in [-0.4, -0.2) is 44.9 Å². The number of aromatic nitrogens is 2. The van der Waals surface area contributed by atoms with E-state index in [9.17, 15) is 19.2 Å². The van der Waals surface area contributed by atoms with Crippen LogP contribution in [0.25, 0.3) is 22.3 Å². The number of nitrogens with zero attached hydrogens (tertiary/aromatic N) is 4. The fraction of sp³-hybridized carbons (Fsp3) is 0.222. The first kappa shape index (κ1) is 30.6. The van der Waals surface area contributed by atoms with Crippen LogP contribution in [0.4, 0.5) is 17.1 Å². The number of piperidine rings is 1. The summed E-state index contributed by atoms with van der Waals surface area (Å²) in [4.78, 5) is 52.1. The Kier molecular flexibility index (Phi) is 7.42. The number of aryl methyl sites for hydroxylation is 5. The number of benzene rings is 3. The molecule has 12 heteroatoms. The molecule has 242 valence electrons. The topological polar surface area (TPSA) is 151 Å². The van der Waals surface area contributed by atoms with Gasteiger partial charge < -0.3 is 9.05 Å². The third kappa shape index (κ3) is 5.11. The second-order valence-electron chi connectivity index (χ2n) is 12.1. The van der Waals surface area contributed by atoms with Gasteiger partial charge in [0.25, 0.3) is 11.8 Å². The van der Waals surface area contributed by atoms with Crippen molar-refractivity contribution in [2.75, 3.05) is 10.4 Å². The summed E-state index contributed by atoms with van der Waals surface area (Å²) < 4.78 is 10.8. The van der Waals surface area contributed by atoms with E-state index in [0.29, 0.717) is 11.4 Å². The Labute approximate surface area is 275 Å². The van der Waals surface area contributed by atoms with E-state index in [1.807, 2.05) is 82.1 Å². The summed E-state index contributed by atoms with van der Waals surface area (Å²) in [7, 11) is 0. The Bertz CT molecular complexity index is 2110. The van der Waals surface area contributed by atoms with Gasteiger partial charge in [-0.05, 0) is 94.1 Å². The maximum Gasteiger partial charge on any atom is 0.262 e. The van der Waals surface area contributed by atoms with Gasteiger partial charge in [-0.3, -0.25) is 39.8 Å². The minimum absolute atomic E-state index is 0.0486. The van der Waals surface area contributed by atoms with Crippen LogP contribution in [0.2, 0.25) is 0 Å². The lowest BCUT2D eigenvalue weighted by Crippen LogP contribution is -2.54. The number of hydrogen-bond acceptors (Lipinski definition) is 10. The van der Waals surface area contributed by atoms with Crippen LogP contribution >= 0.6 is 0 Å². The highest BCUT2D eigenvalue weighted by atomic mass is 16.5. The third-order valence-corrected chi connectivity index (χ3v) is 8.90. The zero-order valence-corrected chi connectivity index (χ0v) is 27.0. The van der Waals surface area contributed by atoms with Crippen LogP contribution < -0.4 is 15.8 Å². The van der Waals surface area contributed by atoms with Gasteiger partial charge in [-0.2, -0.15) is 0 Å². The van der Waals surface area contributed by atoms with Crippen molar-refractivity contribution >= 4 is 40.7 Å². The molecule has 2 N–H and O–H groups in total. The summed E-state index contributed by atoms with van der Waals surface area (Å²) in [5, 5.41) is 12.4. The largest absolute Gasteiger partial charge is 0.361 e. The van der Waals surface area contributed by atoms with Crippen molar-refractivity contribution in [2.24, 2.45) is 0 Å². The van der Waals surface area contributed by atoms with Crippen molar-refractivity contribution in [1.82, 2.24) is 20.5 Å². The van der Waals surface area contributed by atoms with E-state index in [1.165, 1.54) is 0 Å². The Morgan fingerprint density at radius 3 is 2.02 bits per heavy atom. The van der Waals surface area contributed by atoms with Crippen LogP contribution in [-0.2, 0) is 9.59 Å². The van der Waals surface area contributed by atoms with Crippen molar-refractivity contribution in [3.05, 3.63) is 100 Å². The highest BCUT2D eigenvalue weighted by molar-refractivity contribution is 6.23. The van der Waals surface area contributed by atoms with Crippen LogP contribution in [0.15, 0.2) is 69.7 Å². The molecule has 0 saturated carbocycles. The molecule has 0 aliphatic carbocycles. The SMILES string of the molecule is Cc1ccc(-c2c(C)noc2C)cc1N(Nc1ccc2c(c1)C(=O)N(C1CCC(=O)NC1=O)C2=O)c1ccc(-c2c(C)noc2C)cc1. The predicted octanol–water partition coefficient (Wildman–Crippen LogP) is 6.11. The van der Waals surface area contributed by atoms with Gasteiger partial charge in [0.05, 0.1) is 39.6 Å². The average Bonchev–Trinajstić information content (AvgIpc) is 3.67. The van der Waals surface area contributed by atoms with E-state index in [4.69, 9.17) is 9.05 Å². The lowest BCUT2D eigenvalue weighted by atomic mass is 10.0. The number of carbonyl (C=O) groups excluding carboxylic acids is 4. The Hall–Kier alpha value is -6.04. The summed E-state index contributed by atoms with van der Waals surface area (Å²) in [6.45, 7) is 9.55. The van der Waals surface area contributed by atoms with Gasteiger partial charge >= 0.3 is 0 Å². The summed E-state index contributed by atoms with van der Waals surface area (Å²) in [5.74, 6) is -0.798. The second-order valence-corrected chi connectivity index (χ2v) is 12.1. The monoisotopic (exact) mass is 644 g/mol. The fourth-order valence-electron chi connectivity index (χ4n) is 6.51. The molecule has 7 rings (SSSR count). The number of hydrogen-bond donors (Lipinski definition) is 2. The lowest BCUT2D eigenvalue weighted by Gasteiger charge is -2.29. The maximum absolute atomic E-state index is 13.6. The van der Waals surface area contributed by atoms with E-state index in [2.05, 4.69) is 21.1 Å². The number of imide groups is 2. The molecule has 4 amide bonds. The number of nitrogens with one attached hydrogen (secondary N) is 2. The molecular weight excluding hydrogens is 612 g/mol. The van der Waals surface area contributed by atoms with Gasteiger partial charge in [0, 0.05) is 17.5 Å². The molecular formula is C36H32N6O6. The summed E-state index contributed by atoms with van der Waals surface area (Å²) in [6.07, 6.45) is 0.132. The van der Waals surface area contributed by atoms with E-state index in [0.717, 1.165) is 61.2 Å². The number of anilines is 3. The first-order valence-electron chi connectivity index (χ1n) is 15.5. The van der Waals surface area contributed by atoms with Crippen LogP contribution in [0.1, 0.15) is 62.0 Å². The fourth-order valence-corrected chi connectivity index (χ4v) is 6.51. The zero-order valence-electron chi connectivity index (χ0n) is 27.0. The van der Waals surface area contributed by atoms with Gasteiger partial charge in [0.2, 0.25) is 11.8 Å². The van der Waals surface area contributed by atoms with E-state index in [-0.39, 0.29) is 24.0 Å². The lowest BCUT2D eigenvalue weighted by molar-refractivity contribution is -0.136. The summed E-state index contributed by atoms with van der Waals surface area (Å²) in [6, 6.07) is 17.9. The molecule has 12 nitrogen and oxygen atoms in total. The Balaban J connectivity index is 1.28. The van der Waals surface area contributed by atoms with E-state index < -0.39 is 29.7 Å². The number of rotatable bonds is 7. The van der Waals surface area contributed by atoms with E-state index in [1.54, 1.807) is 18.2 Å². The molecule has 1 fully saturated rings. The molecule has 2 aromatic heterocycles. The minimum Gasteiger partial charge on any atom is -0.361 e. The zero-order chi connectivity index (χ0) is 33.9. The molecule has 5 aromatic rings. The Morgan fingerprint density at radius 2 is 1.40 bits per heavy atom. The minimum atomic E-state index is -1.05. The smallest absolute Gasteiger partial charge is 0.262 e. The van der Waals surface area contributed by atoms with Crippen molar-refractivity contribution in [3.8, 4) is 22.3 Å². The standard InChI is InChI=1S/C36H32N6O6/c1-18-6-7-24(33-20(3)40-48-22(33)5)16-30(18)42(26-11-8-23(9-12-26)32-19(2)39-47-21(32)4)38-25-10-13-27-28(17-25)36(46)41(35(27)45)29-14-15-31(43)37-34(29)44/h6-13,16-17,29,38H,14-15H2,1-5H3,(H,37,43,44). The van der Waals surface area contributed by atoms with E-state index >= 15 is 0 Å². The molecule has 1 saturated heterocycles. The van der Waals surface area contributed by atoms with Crippen LogP contribution in [0.3, 0.4) is 0 Å². The average molecular weight is 645 g/mol. The molecule has 2 aliphatic heterocycles. The third-order valence-electron chi connectivity index (χ3n) is 8.90. The van der Waals surface area contributed by atoms with Gasteiger partial charge in [0.15, 0.2) is 0 Å². The molecule has 4 heterocycles. The molecule has 0 radical (unpaired) electrons. The first-order chi connectivity index (χ1) is 23.0. The number of hydrazine groups is 1. The predicted molar refractivity (Wildman–Crippen MR) is 176 cm³/mol. The summed E-state index contributed by atoms with van der Waals surface area (Å²) in [5.41, 5.74) is 12.2. The van der Waals surface area contributed by atoms with Crippen molar-refractivity contribution in [1.29, 1.82) is 0 Å². The number of fused-ring (bicyclic) bond motifs is 1. The van der Waals surface area contributed by atoms with Crippen LogP contribution in [0.5, 0.6) is 0 Å². The molecule has 0 spiro atoms. The normalized spacial score (nSPS) is 15.9. The maximum atomic E-state index is 13.6. The van der Waals surface area contributed by atoms with Crippen molar-refractivity contribution < 1.29 is 28.2 Å². The second kappa shape index (κ2) is 11.6. The van der Waals surface area contributed by atoms with Gasteiger partial charge in [-0.15, -0.1) is 0 Å². The van der Waals surface area contributed by atoms with Crippen LogP contribution in [0, 0.1) is 34.6 Å². The highest BCUT2D eigenvalue weighted by Crippen LogP contribution is 2.38. The van der Waals surface area contributed by atoms with Gasteiger partial charge in [0.1, 0.15) is 17.6 Å². The number of carbonyl (C=O) groups is 4. The molecule has 1 unspecified atom stereocenters. The van der Waals surface area contributed by atoms with Crippen molar-refractivity contribution in [2.45, 2.75) is 53.5 Å². The Morgan fingerprint density at radius 1 is 0.771 bits per heavy atom. The first-order valence-corrected chi connectivity index (χ1v) is 15.5. The van der Waals surface area contributed by atoms with Gasteiger partial charge in [-0.1, -0.05) is 34.6 Å². The quantitative estimate of drug-likeness (QED) is 0.157. The molecule has 48 heavy (non-hydrogen) atoms. The summed E-state index contributed by atoms with van der Waals surface area (Å²) >= 11 is 0. The molecule has 3 aromatic carbocycles.